The molecule has 1 saturated heterocycles. The Labute approximate surface area is 166 Å². The van der Waals surface area contributed by atoms with E-state index in [4.69, 9.17) is 0 Å². The number of aliphatic hydroxyl groups is 1. The molecule has 0 saturated carbocycles. The number of hydrogen-bond donors (Lipinski definition) is 1. The largest absolute Gasteiger partial charge is 0.389 e. The second-order valence-corrected chi connectivity index (χ2v) is 8.74. The zero-order chi connectivity index (χ0) is 18.8. The van der Waals surface area contributed by atoms with Gasteiger partial charge in [-0.2, -0.15) is 0 Å². The summed E-state index contributed by atoms with van der Waals surface area (Å²) in [5, 5.41) is 12.8. The van der Waals surface area contributed by atoms with Gasteiger partial charge in [0, 0.05) is 30.1 Å². The molecule has 1 aromatic carbocycles. The predicted octanol–water partition coefficient (Wildman–Crippen LogP) is 3.71. The van der Waals surface area contributed by atoms with E-state index in [0.717, 1.165) is 40.8 Å². The van der Waals surface area contributed by atoms with E-state index in [1.54, 1.807) is 0 Å². The zero-order valence-corrected chi connectivity index (χ0v) is 16.7. The summed E-state index contributed by atoms with van der Waals surface area (Å²) in [7, 11) is 0. The van der Waals surface area contributed by atoms with Gasteiger partial charge >= 0.3 is 0 Å². The highest BCUT2D eigenvalue weighted by Gasteiger charge is 2.29. The van der Waals surface area contributed by atoms with Crippen LogP contribution in [0.2, 0.25) is 0 Å². The molecule has 0 radical (unpaired) electrons. The standard InChI is InChI=1S/C20H21N3O2S2/c1-13-20(27-19(11-24)21-13)16-12-26-18(22-16)9-17(25)14-7-8-23(10-14)15-5-3-2-4-6-15/h2-6,12,14,24H,7-11H2,1H3. The van der Waals surface area contributed by atoms with Gasteiger partial charge in [-0.05, 0) is 25.5 Å². The molecule has 4 rings (SSSR count). The normalized spacial score (nSPS) is 16.8. The van der Waals surface area contributed by atoms with Crippen molar-refractivity contribution in [3.63, 3.8) is 0 Å². The molecule has 2 aromatic heterocycles. The highest BCUT2D eigenvalue weighted by molar-refractivity contribution is 7.16. The SMILES string of the molecule is Cc1nc(CO)sc1-c1csc(CC(=O)C2CCN(c3ccccc3)C2)n1. The minimum Gasteiger partial charge on any atom is -0.389 e. The smallest absolute Gasteiger partial charge is 0.144 e. The van der Waals surface area contributed by atoms with Crippen molar-refractivity contribution < 1.29 is 9.90 Å². The minimum absolute atomic E-state index is 0.0550. The first-order valence-electron chi connectivity index (χ1n) is 8.98. The fourth-order valence-electron chi connectivity index (χ4n) is 3.44. The number of rotatable bonds is 6. The number of hydrogen-bond acceptors (Lipinski definition) is 7. The van der Waals surface area contributed by atoms with Crippen molar-refractivity contribution in [1.29, 1.82) is 0 Å². The number of aromatic nitrogens is 2. The van der Waals surface area contributed by atoms with Crippen molar-refractivity contribution in [1.82, 2.24) is 9.97 Å². The molecule has 0 amide bonds. The molecular weight excluding hydrogens is 378 g/mol. The lowest BCUT2D eigenvalue weighted by Gasteiger charge is -2.18. The lowest BCUT2D eigenvalue weighted by Crippen LogP contribution is -2.23. The molecule has 3 heterocycles. The van der Waals surface area contributed by atoms with Crippen LogP contribution in [-0.4, -0.2) is 33.9 Å². The molecule has 0 spiro atoms. The number of carbonyl (C=O) groups is 1. The number of para-hydroxylation sites is 1. The summed E-state index contributed by atoms with van der Waals surface area (Å²) < 4.78 is 0. The maximum Gasteiger partial charge on any atom is 0.144 e. The van der Waals surface area contributed by atoms with Crippen LogP contribution in [-0.2, 0) is 17.8 Å². The van der Waals surface area contributed by atoms with E-state index in [1.807, 2.05) is 30.5 Å². The van der Waals surface area contributed by atoms with Crippen LogP contribution in [0.25, 0.3) is 10.6 Å². The van der Waals surface area contributed by atoms with E-state index in [-0.39, 0.29) is 18.3 Å². The Kier molecular flexibility index (Phi) is 5.33. The molecule has 7 heteroatoms. The monoisotopic (exact) mass is 399 g/mol. The fourth-order valence-corrected chi connectivity index (χ4v) is 5.20. The quantitative estimate of drug-likeness (QED) is 0.685. The summed E-state index contributed by atoms with van der Waals surface area (Å²) in [6.07, 6.45) is 1.29. The first-order valence-corrected chi connectivity index (χ1v) is 10.7. The van der Waals surface area contributed by atoms with Crippen LogP contribution >= 0.6 is 22.7 Å². The summed E-state index contributed by atoms with van der Waals surface area (Å²) in [6, 6.07) is 10.3. The summed E-state index contributed by atoms with van der Waals surface area (Å²) in [6.45, 7) is 3.58. The van der Waals surface area contributed by atoms with Gasteiger partial charge in [0.05, 0.1) is 29.3 Å². The molecule has 1 N–H and O–H groups in total. The minimum atomic E-state index is -0.0550. The van der Waals surface area contributed by atoms with Gasteiger partial charge < -0.3 is 10.0 Å². The summed E-state index contributed by atoms with van der Waals surface area (Å²) >= 11 is 2.98. The van der Waals surface area contributed by atoms with Crippen molar-refractivity contribution >= 4 is 34.1 Å². The maximum absolute atomic E-state index is 12.8. The van der Waals surface area contributed by atoms with Crippen molar-refractivity contribution in [3.8, 4) is 10.6 Å². The molecule has 0 bridgehead atoms. The van der Waals surface area contributed by atoms with Crippen molar-refractivity contribution in [2.24, 2.45) is 5.92 Å². The predicted molar refractivity (Wildman–Crippen MR) is 109 cm³/mol. The second-order valence-electron chi connectivity index (χ2n) is 6.72. The molecule has 0 aliphatic carbocycles. The number of anilines is 1. The molecule has 1 unspecified atom stereocenters. The van der Waals surface area contributed by atoms with E-state index < -0.39 is 0 Å². The van der Waals surface area contributed by atoms with Crippen LogP contribution in [0.5, 0.6) is 0 Å². The second kappa shape index (κ2) is 7.88. The van der Waals surface area contributed by atoms with E-state index >= 15 is 0 Å². The number of benzene rings is 1. The fraction of sp³-hybridized carbons (Fsp3) is 0.350. The maximum atomic E-state index is 12.8. The summed E-state index contributed by atoms with van der Waals surface area (Å²) in [5.41, 5.74) is 2.92. The van der Waals surface area contributed by atoms with Crippen LogP contribution in [0.4, 0.5) is 5.69 Å². The van der Waals surface area contributed by atoms with Gasteiger partial charge in [-0.15, -0.1) is 22.7 Å². The first kappa shape index (κ1) is 18.3. The van der Waals surface area contributed by atoms with Crippen molar-refractivity contribution in [2.45, 2.75) is 26.4 Å². The number of ketones is 1. The number of thiazole rings is 2. The van der Waals surface area contributed by atoms with E-state index in [1.165, 1.54) is 28.4 Å². The van der Waals surface area contributed by atoms with Gasteiger partial charge in [-0.1, -0.05) is 18.2 Å². The first-order chi connectivity index (χ1) is 13.1. The Bertz CT molecular complexity index is 936. The van der Waals surface area contributed by atoms with Gasteiger partial charge in [0.15, 0.2) is 0 Å². The van der Waals surface area contributed by atoms with E-state index in [0.29, 0.717) is 11.4 Å². The van der Waals surface area contributed by atoms with Crippen molar-refractivity contribution in [3.05, 3.63) is 51.4 Å². The highest BCUT2D eigenvalue weighted by atomic mass is 32.1. The molecule has 1 aliphatic heterocycles. The summed E-state index contributed by atoms with van der Waals surface area (Å²) in [5.74, 6) is 0.343. The zero-order valence-electron chi connectivity index (χ0n) is 15.1. The van der Waals surface area contributed by atoms with Gasteiger partial charge in [-0.3, -0.25) is 4.79 Å². The average molecular weight is 400 g/mol. The molecule has 3 aromatic rings. The molecule has 27 heavy (non-hydrogen) atoms. The van der Waals surface area contributed by atoms with E-state index in [2.05, 4.69) is 27.0 Å². The molecule has 1 fully saturated rings. The lowest BCUT2D eigenvalue weighted by atomic mass is 10.0. The van der Waals surface area contributed by atoms with E-state index in [9.17, 15) is 9.90 Å². The highest BCUT2D eigenvalue weighted by Crippen LogP contribution is 2.32. The number of carbonyl (C=O) groups excluding carboxylic acids is 1. The molecule has 5 nitrogen and oxygen atoms in total. The number of aryl methyl sites for hydroxylation is 1. The van der Waals surface area contributed by atoms with Gasteiger partial charge in [0.25, 0.3) is 0 Å². The van der Waals surface area contributed by atoms with Gasteiger partial charge in [0.2, 0.25) is 0 Å². The Morgan fingerprint density at radius 3 is 2.81 bits per heavy atom. The average Bonchev–Trinajstić information content (AvgIpc) is 3.41. The third-order valence-corrected chi connectivity index (χ3v) is 6.86. The van der Waals surface area contributed by atoms with Crippen LogP contribution in [0.1, 0.15) is 22.1 Å². The third kappa shape index (κ3) is 3.95. The van der Waals surface area contributed by atoms with Crippen molar-refractivity contribution in [2.75, 3.05) is 18.0 Å². The number of Topliss-reactive ketones (excluding diaryl/α,β-unsaturated/α-hetero) is 1. The van der Waals surface area contributed by atoms with Crippen LogP contribution in [0.3, 0.4) is 0 Å². The lowest BCUT2D eigenvalue weighted by molar-refractivity contribution is -0.121. The topological polar surface area (TPSA) is 66.3 Å². The molecular formula is C20H21N3O2S2. The van der Waals surface area contributed by atoms with Crippen LogP contribution in [0.15, 0.2) is 35.7 Å². The number of nitrogens with zero attached hydrogens (tertiary/aromatic N) is 3. The molecule has 1 aliphatic rings. The Morgan fingerprint density at radius 2 is 2.07 bits per heavy atom. The van der Waals surface area contributed by atoms with Crippen LogP contribution in [0, 0.1) is 12.8 Å². The van der Waals surface area contributed by atoms with Gasteiger partial charge in [-0.25, -0.2) is 9.97 Å². The Balaban J connectivity index is 1.40. The molecule has 1 atom stereocenters. The van der Waals surface area contributed by atoms with Crippen LogP contribution < -0.4 is 4.90 Å². The number of aliphatic hydroxyl groups excluding tert-OH is 1. The molecule has 140 valence electrons. The van der Waals surface area contributed by atoms with Gasteiger partial charge in [0.1, 0.15) is 15.8 Å². The Hall–Kier alpha value is -2.09. The summed E-state index contributed by atoms with van der Waals surface area (Å²) in [4.78, 5) is 25.0. The third-order valence-electron chi connectivity index (χ3n) is 4.85. The Morgan fingerprint density at radius 1 is 1.26 bits per heavy atom.